The fourth-order valence-corrected chi connectivity index (χ4v) is 3.53. The molecule has 4 rings (SSSR count). The van der Waals surface area contributed by atoms with Gasteiger partial charge in [-0.2, -0.15) is 5.10 Å². The van der Waals surface area contributed by atoms with E-state index in [1.54, 1.807) is 0 Å². The second-order valence-electron chi connectivity index (χ2n) is 7.31. The highest BCUT2D eigenvalue weighted by Gasteiger charge is 2.24. The van der Waals surface area contributed by atoms with E-state index in [9.17, 15) is 4.79 Å². The number of benzene rings is 3. The number of nitrogens with zero attached hydrogens (tertiary/aromatic N) is 2. The first-order chi connectivity index (χ1) is 15.8. The molecular formula is C27H25N3O2. The summed E-state index contributed by atoms with van der Waals surface area (Å²) in [5, 5.41) is 8.12. The zero-order chi connectivity index (χ0) is 22.2. The molecule has 0 aliphatic carbocycles. The third-order valence-electron chi connectivity index (χ3n) is 5.11. The fraction of sp³-hybridized carbons (Fsp3) is 0.111. The van der Waals surface area contributed by atoms with Crippen molar-refractivity contribution in [3.63, 3.8) is 0 Å². The monoisotopic (exact) mass is 423 g/mol. The molecular weight excluding hydrogens is 398 g/mol. The van der Waals surface area contributed by atoms with Gasteiger partial charge in [0.1, 0.15) is 11.3 Å². The molecule has 3 aromatic carbocycles. The molecule has 4 aromatic rings. The van der Waals surface area contributed by atoms with Crippen LogP contribution < -0.4 is 5.32 Å². The predicted octanol–water partition coefficient (Wildman–Crippen LogP) is 5.15. The summed E-state index contributed by atoms with van der Waals surface area (Å²) >= 11 is 0. The van der Waals surface area contributed by atoms with Gasteiger partial charge < -0.3 is 10.1 Å². The van der Waals surface area contributed by atoms with Gasteiger partial charge in [0.15, 0.2) is 0 Å². The Balaban J connectivity index is 1.72. The molecule has 32 heavy (non-hydrogen) atoms. The van der Waals surface area contributed by atoms with E-state index in [-0.39, 0.29) is 0 Å². The zero-order valence-electron chi connectivity index (χ0n) is 17.9. The Morgan fingerprint density at radius 3 is 2.12 bits per heavy atom. The van der Waals surface area contributed by atoms with Crippen molar-refractivity contribution < 1.29 is 9.53 Å². The maximum atomic E-state index is 12.8. The molecule has 1 aromatic heterocycles. The average Bonchev–Trinajstić information content (AvgIpc) is 3.21. The van der Waals surface area contributed by atoms with Crippen LogP contribution in [0.1, 0.15) is 27.2 Å². The largest absolute Gasteiger partial charge is 0.465 e. The van der Waals surface area contributed by atoms with Crippen LogP contribution in [0.25, 0.3) is 17.3 Å². The second-order valence-corrected chi connectivity index (χ2v) is 7.31. The average molecular weight is 424 g/mol. The van der Waals surface area contributed by atoms with Gasteiger partial charge in [-0.1, -0.05) is 91.0 Å². The minimum atomic E-state index is -0.411. The van der Waals surface area contributed by atoms with Crippen molar-refractivity contribution >= 4 is 12.0 Å². The minimum absolute atomic E-state index is 0.411. The number of nitrogens with one attached hydrogen (secondary N) is 1. The predicted molar refractivity (Wildman–Crippen MR) is 127 cm³/mol. The normalized spacial score (nSPS) is 10.9. The first-order valence-electron chi connectivity index (χ1n) is 10.5. The lowest BCUT2D eigenvalue weighted by molar-refractivity contribution is 0.0601. The van der Waals surface area contributed by atoms with Crippen LogP contribution in [-0.4, -0.2) is 22.9 Å². The van der Waals surface area contributed by atoms with Gasteiger partial charge in [0.25, 0.3) is 0 Å². The Labute approximate surface area is 188 Å². The summed E-state index contributed by atoms with van der Waals surface area (Å²) in [5.41, 5.74) is 4.89. The summed E-state index contributed by atoms with van der Waals surface area (Å²) in [4.78, 5) is 12.8. The lowest BCUT2D eigenvalue weighted by Crippen LogP contribution is -2.09. The van der Waals surface area contributed by atoms with Gasteiger partial charge in [-0.15, -0.1) is 0 Å². The molecule has 1 heterocycles. The molecule has 5 nitrogen and oxygen atoms in total. The molecule has 0 aliphatic heterocycles. The molecule has 0 bridgehead atoms. The Bertz CT molecular complexity index is 1180. The van der Waals surface area contributed by atoms with E-state index in [1.807, 2.05) is 95.8 Å². The highest BCUT2D eigenvalue weighted by Crippen LogP contribution is 2.28. The summed E-state index contributed by atoms with van der Waals surface area (Å²) < 4.78 is 6.98. The van der Waals surface area contributed by atoms with Crippen molar-refractivity contribution in [1.29, 1.82) is 0 Å². The van der Waals surface area contributed by atoms with Gasteiger partial charge >= 0.3 is 5.97 Å². The number of carbonyl (C=O) groups is 1. The quantitative estimate of drug-likeness (QED) is 0.399. The first kappa shape index (κ1) is 21.1. The van der Waals surface area contributed by atoms with Crippen LogP contribution in [0, 0.1) is 0 Å². The molecule has 0 unspecified atom stereocenters. The number of methoxy groups -OCH3 is 1. The SMILES string of the molecule is COC(=O)c1c(-c2ccccc2)nn(Cc2ccccc2)c1/C=C/NCc1ccccc1. The lowest BCUT2D eigenvalue weighted by atomic mass is 10.1. The Morgan fingerprint density at radius 1 is 0.906 bits per heavy atom. The van der Waals surface area contributed by atoms with Crippen molar-refractivity contribution in [2.75, 3.05) is 7.11 Å². The fourth-order valence-electron chi connectivity index (χ4n) is 3.53. The Hall–Kier alpha value is -4.12. The summed E-state index contributed by atoms with van der Waals surface area (Å²) in [6, 6.07) is 29.9. The zero-order valence-corrected chi connectivity index (χ0v) is 17.9. The van der Waals surface area contributed by atoms with Gasteiger partial charge in [-0.25, -0.2) is 4.79 Å². The molecule has 0 fully saturated rings. The van der Waals surface area contributed by atoms with Crippen LogP contribution in [0.5, 0.6) is 0 Å². The van der Waals surface area contributed by atoms with E-state index in [1.165, 1.54) is 12.7 Å². The van der Waals surface area contributed by atoms with Crippen LogP contribution in [0.15, 0.2) is 97.2 Å². The smallest absolute Gasteiger partial charge is 0.342 e. The molecule has 0 saturated heterocycles. The van der Waals surface area contributed by atoms with Crippen LogP contribution in [-0.2, 0) is 17.8 Å². The molecule has 0 aliphatic rings. The van der Waals surface area contributed by atoms with Gasteiger partial charge in [0, 0.05) is 12.1 Å². The first-order valence-corrected chi connectivity index (χ1v) is 10.5. The number of esters is 1. The summed E-state index contributed by atoms with van der Waals surface area (Å²) in [6.45, 7) is 1.22. The third kappa shape index (κ3) is 4.95. The van der Waals surface area contributed by atoms with Crippen molar-refractivity contribution in [2.24, 2.45) is 0 Å². The van der Waals surface area contributed by atoms with Crippen LogP contribution >= 0.6 is 0 Å². The molecule has 0 amide bonds. The Morgan fingerprint density at radius 2 is 1.50 bits per heavy atom. The molecule has 0 radical (unpaired) electrons. The highest BCUT2D eigenvalue weighted by atomic mass is 16.5. The van der Waals surface area contributed by atoms with Crippen molar-refractivity contribution in [1.82, 2.24) is 15.1 Å². The number of hydrogen-bond donors (Lipinski definition) is 1. The summed E-state index contributed by atoms with van der Waals surface area (Å²) in [7, 11) is 1.40. The van der Waals surface area contributed by atoms with Crippen molar-refractivity contribution in [3.8, 4) is 11.3 Å². The minimum Gasteiger partial charge on any atom is -0.465 e. The molecule has 160 valence electrons. The molecule has 1 N–H and O–H groups in total. The van der Waals surface area contributed by atoms with E-state index >= 15 is 0 Å². The number of ether oxygens (including phenoxy) is 1. The van der Waals surface area contributed by atoms with Crippen molar-refractivity contribution in [2.45, 2.75) is 13.1 Å². The van der Waals surface area contributed by atoms with Gasteiger partial charge in [-0.3, -0.25) is 4.68 Å². The van der Waals surface area contributed by atoms with Gasteiger partial charge in [0.05, 0.1) is 19.3 Å². The lowest BCUT2D eigenvalue weighted by Gasteiger charge is -2.07. The molecule has 0 saturated carbocycles. The Kier molecular flexibility index (Phi) is 6.78. The third-order valence-corrected chi connectivity index (χ3v) is 5.11. The van der Waals surface area contributed by atoms with Crippen LogP contribution in [0.3, 0.4) is 0 Å². The van der Waals surface area contributed by atoms with Crippen LogP contribution in [0.2, 0.25) is 0 Å². The number of rotatable bonds is 8. The maximum Gasteiger partial charge on any atom is 0.342 e. The van der Waals surface area contributed by atoms with E-state index < -0.39 is 5.97 Å². The number of hydrogen-bond acceptors (Lipinski definition) is 4. The van der Waals surface area contributed by atoms with Gasteiger partial charge in [-0.05, 0) is 23.4 Å². The molecule has 5 heteroatoms. The second kappa shape index (κ2) is 10.3. The summed E-state index contributed by atoms with van der Waals surface area (Å²) in [6.07, 6.45) is 3.74. The summed E-state index contributed by atoms with van der Waals surface area (Å²) in [5.74, 6) is -0.411. The highest BCUT2D eigenvalue weighted by molar-refractivity contribution is 5.99. The van der Waals surface area contributed by atoms with E-state index in [0.29, 0.717) is 30.0 Å². The van der Waals surface area contributed by atoms with Gasteiger partial charge in [0.2, 0.25) is 0 Å². The standard InChI is InChI=1S/C27H25N3O2/c1-32-27(31)25-24(17-18-28-19-21-11-5-2-6-12-21)30(20-22-13-7-3-8-14-22)29-26(25)23-15-9-4-10-16-23/h2-18,28H,19-20H2,1H3/b18-17+. The maximum absolute atomic E-state index is 12.8. The van der Waals surface area contributed by atoms with E-state index in [2.05, 4.69) is 17.4 Å². The molecule has 0 atom stereocenters. The molecule has 0 spiro atoms. The topological polar surface area (TPSA) is 56.1 Å². The number of aromatic nitrogens is 2. The van der Waals surface area contributed by atoms with Crippen molar-refractivity contribution in [3.05, 3.63) is 120 Å². The van der Waals surface area contributed by atoms with E-state index in [4.69, 9.17) is 9.84 Å². The number of carbonyl (C=O) groups excluding carboxylic acids is 1. The van der Waals surface area contributed by atoms with E-state index in [0.717, 1.165) is 11.1 Å². The van der Waals surface area contributed by atoms with Crippen LogP contribution in [0.4, 0.5) is 0 Å².